The van der Waals surface area contributed by atoms with Crippen LogP contribution in [0.25, 0.3) is 0 Å². The number of carbonyl (C=O) groups is 1. The number of nitrogens with one attached hydrogen (secondary N) is 1. The first kappa shape index (κ1) is 17.3. The van der Waals surface area contributed by atoms with Gasteiger partial charge in [-0.3, -0.25) is 4.79 Å². The first-order valence-electron chi connectivity index (χ1n) is 6.59. The van der Waals surface area contributed by atoms with Gasteiger partial charge in [0, 0.05) is 12.1 Å². The summed E-state index contributed by atoms with van der Waals surface area (Å²) >= 11 is 0. The number of ether oxygens (including phenoxy) is 1. The predicted octanol–water partition coefficient (Wildman–Crippen LogP) is 2.94. The smallest absolute Gasteiger partial charge is 0.422 e. The Kier molecular flexibility index (Phi) is 6.48. The van der Waals surface area contributed by atoms with Crippen LogP contribution in [0.1, 0.15) is 19.8 Å². The van der Waals surface area contributed by atoms with Crippen molar-refractivity contribution in [2.75, 3.05) is 18.5 Å². The maximum Gasteiger partial charge on any atom is 0.422 e. The minimum atomic E-state index is -4.37. The molecule has 1 rings (SSSR count). The molecule has 1 atom stereocenters. The summed E-state index contributed by atoms with van der Waals surface area (Å²) in [4.78, 5) is 11.6. The Morgan fingerprint density at radius 2 is 1.95 bits per heavy atom. The molecule has 0 fully saturated rings. The van der Waals surface area contributed by atoms with Crippen LogP contribution >= 0.6 is 0 Å². The maximum absolute atomic E-state index is 12.0. The van der Waals surface area contributed by atoms with E-state index in [1.54, 1.807) is 0 Å². The Bertz CT molecular complexity index is 447. The average Bonchev–Trinajstić information content (AvgIpc) is 2.43. The molecular formula is C14H19F3N2O2. The van der Waals surface area contributed by atoms with Gasteiger partial charge in [-0.1, -0.05) is 6.92 Å². The molecule has 0 aliphatic heterocycles. The van der Waals surface area contributed by atoms with Gasteiger partial charge in [0.15, 0.2) is 6.61 Å². The minimum absolute atomic E-state index is 0.0991. The number of nitrogens with two attached hydrogens (primary N) is 1. The maximum atomic E-state index is 12.0. The fraction of sp³-hybridized carbons (Fsp3) is 0.500. The molecule has 4 nitrogen and oxygen atoms in total. The Morgan fingerprint density at radius 3 is 2.48 bits per heavy atom. The standard InChI is InChI=1S/C14H19F3N2O2/c1-10(8-18)2-7-13(20)19-11-3-5-12(6-4-11)21-9-14(15,16)17/h3-6,10H,2,7-9,18H2,1H3,(H,19,20). The van der Waals surface area contributed by atoms with Gasteiger partial charge in [0.05, 0.1) is 0 Å². The van der Waals surface area contributed by atoms with Gasteiger partial charge in [-0.2, -0.15) is 13.2 Å². The number of rotatable bonds is 7. The van der Waals surface area contributed by atoms with Crippen molar-refractivity contribution >= 4 is 11.6 Å². The molecule has 3 N–H and O–H groups in total. The first-order chi connectivity index (χ1) is 9.80. The van der Waals surface area contributed by atoms with Crippen molar-refractivity contribution in [1.82, 2.24) is 0 Å². The van der Waals surface area contributed by atoms with Gasteiger partial charge in [-0.25, -0.2) is 0 Å². The Balaban J connectivity index is 2.42. The number of amides is 1. The lowest BCUT2D eigenvalue weighted by Crippen LogP contribution is -2.19. The minimum Gasteiger partial charge on any atom is -0.484 e. The average molecular weight is 304 g/mol. The molecular weight excluding hydrogens is 285 g/mol. The van der Waals surface area contributed by atoms with E-state index in [4.69, 9.17) is 5.73 Å². The molecule has 0 heterocycles. The van der Waals surface area contributed by atoms with E-state index in [9.17, 15) is 18.0 Å². The zero-order valence-electron chi connectivity index (χ0n) is 11.7. The number of alkyl halides is 3. The van der Waals surface area contributed by atoms with Crippen LogP contribution in [0.4, 0.5) is 18.9 Å². The summed E-state index contributed by atoms with van der Waals surface area (Å²) in [6.45, 7) is 1.15. The highest BCUT2D eigenvalue weighted by molar-refractivity contribution is 5.90. The van der Waals surface area contributed by atoms with E-state index < -0.39 is 12.8 Å². The molecule has 0 saturated carbocycles. The molecule has 1 aromatic carbocycles. The lowest BCUT2D eigenvalue weighted by atomic mass is 10.1. The molecule has 1 amide bonds. The van der Waals surface area contributed by atoms with Crippen LogP contribution in [0.3, 0.4) is 0 Å². The molecule has 0 radical (unpaired) electrons. The monoisotopic (exact) mass is 304 g/mol. The number of carbonyl (C=O) groups excluding carboxylic acids is 1. The molecule has 1 aromatic rings. The van der Waals surface area contributed by atoms with Crippen LogP contribution in [0.5, 0.6) is 5.75 Å². The van der Waals surface area contributed by atoms with Crippen LogP contribution in [-0.2, 0) is 4.79 Å². The molecule has 7 heteroatoms. The second-order valence-electron chi connectivity index (χ2n) is 4.86. The van der Waals surface area contributed by atoms with Crippen LogP contribution < -0.4 is 15.8 Å². The molecule has 0 aromatic heterocycles. The highest BCUT2D eigenvalue weighted by atomic mass is 19.4. The van der Waals surface area contributed by atoms with Gasteiger partial charge in [0.1, 0.15) is 5.75 Å². The van der Waals surface area contributed by atoms with Gasteiger partial charge < -0.3 is 15.8 Å². The summed E-state index contributed by atoms with van der Waals surface area (Å²) in [5.41, 5.74) is 5.97. The van der Waals surface area contributed by atoms with Gasteiger partial charge in [0.2, 0.25) is 5.91 Å². The van der Waals surface area contributed by atoms with E-state index in [0.717, 1.165) is 0 Å². The summed E-state index contributed by atoms with van der Waals surface area (Å²) < 4.78 is 40.5. The van der Waals surface area contributed by atoms with Crippen LogP contribution in [0, 0.1) is 5.92 Å². The van der Waals surface area contributed by atoms with Crippen molar-refractivity contribution < 1.29 is 22.7 Å². The van der Waals surface area contributed by atoms with Crippen molar-refractivity contribution in [2.24, 2.45) is 11.7 Å². The van der Waals surface area contributed by atoms with Gasteiger partial charge >= 0.3 is 6.18 Å². The quantitative estimate of drug-likeness (QED) is 0.814. The summed E-state index contributed by atoms with van der Waals surface area (Å²) in [6.07, 6.45) is -3.33. The van der Waals surface area contributed by atoms with Crippen LogP contribution in [-0.4, -0.2) is 25.2 Å². The normalized spacial score (nSPS) is 12.8. The molecule has 1 unspecified atom stereocenters. The lowest BCUT2D eigenvalue weighted by Gasteiger charge is -2.11. The Hall–Kier alpha value is -1.76. The Morgan fingerprint density at radius 1 is 1.33 bits per heavy atom. The van der Waals surface area contributed by atoms with Crippen molar-refractivity contribution in [1.29, 1.82) is 0 Å². The zero-order chi connectivity index (χ0) is 15.9. The number of hydrogen-bond donors (Lipinski definition) is 2. The second kappa shape index (κ2) is 7.87. The van der Waals surface area contributed by atoms with Gasteiger partial charge in [-0.15, -0.1) is 0 Å². The van der Waals surface area contributed by atoms with E-state index in [1.807, 2.05) is 6.92 Å². The fourth-order valence-corrected chi connectivity index (χ4v) is 1.52. The van der Waals surface area contributed by atoms with Gasteiger partial charge in [0.25, 0.3) is 0 Å². The largest absolute Gasteiger partial charge is 0.484 e. The topological polar surface area (TPSA) is 64.4 Å². The molecule has 0 spiro atoms. The first-order valence-corrected chi connectivity index (χ1v) is 6.59. The molecule has 118 valence electrons. The molecule has 0 saturated heterocycles. The summed E-state index contributed by atoms with van der Waals surface area (Å²) in [5, 5.41) is 2.66. The number of hydrogen-bond acceptors (Lipinski definition) is 3. The van der Waals surface area contributed by atoms with E-state index >= 15 is 0 Å². The van der Waals surface area contributed by atoms with Crippen molar-refractivity contribution in [3.8, 4) is 5.75 Å². The van der Waals surface area contributed by atoms with Crippen molar-refractivity contribution in [2.45, 2.75) is 25.9 Å². The fourth-order valence-electron chi connectivity index (χ4n) is 1.52. The lowest BCUT2D eigenvalue weighted by molar-refractivity contribution is -0.153. The summed E-state index contributed by atoms with van der Waals surface area (Å²) in [5.74, 6) is 0.218. The zero-order valence-corrected chi connectivity index (χ0v) is 11.7. The number of benzene rings is 1. The third-order valence-corrected chi connectivity index (χ3v) is 2.81. The highest BCUT2D eigenvalue weighted by Crippen LogP contribution is 2.20. The third-order valence-electron chi connectivity index (χ3n) is 2.81. The van der Waals surface area contributed by atoms with E-state index in [2.05, 4.69) is 10.1 Å². The molecule has 21 heavy (non-hydrogen) atoms. The van der Waals surface area contributed by atoms with Crippen LogP contribution in [0.2, 0.25) is 0 Å². The number of anilines is 1. The van der Waals surface area contributed by atoms with E-state index in [-0.39, 0.29) is 17.6 Å². The Labute approximate surface area is 121 Å². The second-order valence-corrected chi connectivity index (χ2v) is 4.86. The van der Waals surface area contributed by atoms with Gasteiger partial charge in [-0.05, 0) is 43.1 Å². The number of halogens is 3. The van der Waals surface area contributed by atoms with Crippen LogP contribution in [0.15, 0.2) is 24.3 Å². The molecule has 0 aliphatic rings. The molecule has 0 bridgehead atoms. The predicted molar refractivity (Wildman–Crippen MR) is 74.1 cm³/mol. The van der Waals surface area contributed by atoms with E-state index in [0.29, 0.717) is 25.1 Å². The SMILES string of the molecule is CC(CN)CCC(=O)Nc1ccc(OCC(F)(F)F)cc1. The third kappa shape index (κ3) is 7.55. The summed E-state index contributed by atoms with van der Waals surface area (Å²) in [7, 11) is 0. The van der Waals surface area contributed by atoms with Crippen molar-refractivity contribution in [3.05, 3.63) is 24.3 Å². The molecule has 0 aliphatic carbocycles. The summed E-state index contributed by atoms with van der Waals surface area (Å²) in [6, 6.07) is 5.75. The highest BCUT2D eigenvalue weighted by Gasteiger charge is 2.28. The van der Waals surface area contributed by atoms with E-state index in [1.165, 1.54) is 24.3 Å². The van der Waals surface area contributed by atoms with Crippen molar-refractivity contribution in [3.63, 3.8) is 0 Å².